The monoisotopic (exact) mass is 317 g/mol. The quantitative estimate of drug-likeness (QED) is 0.628. The highest BCUT2D eigenvalue weighted by Crippen LogP contribution is 2.28. The van der Waals surface area contributed by atoms with Crippen molar-refractivity contribution in [2.75, 3.05) is 11.1 Å². The van der Waals surface area contributed by atoms with E-state index in [-0.39, 0.29) is 0 Å². The molecule has 21 heavy (non-hydrogen) atoms. The lowest BCUT2D eigenvalue weighted by Gasteiger charge is -2.15. The zero-order valence-corrected chi connectivity index (χ0v) is 13.9. The number of thioether (sulfide) groups is 1. The van der Waals surface area contributed by atoms with Gasteiger partial charge < -0.3 is 11.1 Å². The Balaban J connectivity index is 2.21. The van der Waals surface area contributed by atoms with Gasteiger partial charge in [-0.15, -0.1) is 11.8 Å². The summed E-state index contributed by atoms with van der Waals surface area (Å²) in [4.78, 5) is 5.85. The smallest absolute Gasteiger partial charge is 0.107 e. The average molecular weight is 317 g/mol. The van der Waals surface area contributed by atoms with Crippen LogP contribution in [0.4, 0.5) is 5.69 Å². The fourth-order valence-corrected chi connectivity index (χ4v) is 3.14. The molecule has 0 aliphatic heterocycles. The van der Waals surface area contributed by atoms with Crippen LogP contribution in [0.2, 0.25) is 0 Å². The number of pyridine rings is 1. The van der Waals surface area contributed by atoms with Crippen LogP contribution in [0.1, 0.15) is 23.7 Å². The van der Waals surface area contributed by atoms with Crippen molar-refractivity contribution in [2.45, 2.75) is 25.3 Å². The molecule has 2 aromatic rings. The molecule has 3 N–H and O–H groups in total. The summed E-state index contributed by atoms with van der Waals surface area (Å²) in [5.41, 5.74) is 9.95. The molecule has 1 aromatic carbocycles. The highest BCUT2D eigenvalue weighted by molar-refractivity contribution is 7.99. The van der Waals surface area contributed by atoms with Gasteiger partial charge >= 0.3 is 0 Å². The van der Waals surface area contributed by atoms with Gasteiger partial charge in [0.2, 0.25) is 0 Å². The number of hydrogen-bond donors (Lipinski definition) is 2. The highest BCUT2D eigenvalue weighted by atomic mass is 32.2. The van der Waals surface area contributed by atoms with Crippen LogP contribution in [0.15, 0.2) is 41.4 Å². The standard InChI is InChI=1S/C16H19N3S2/c1-3-21-14-6-4-5-13(15(14)16(17)20)19-10-12-8-7-11(2)18-9-12/h4-9,19H,3,10H2,1-2H3,(H2,17,20). The number of anilines is 1. The van der Waals surface area contributed by atoms with Crippen molar-refractivity contribution >= 4 is 34.7 Å². The van der Waals surface area contributed by atoms with Crippen LogP contribution < -0.4 is 11.1 Å². The van der Waals surface area contributed by atoms with E-state index in [1.54, 1.807) is 11.8 Å². The molecular formula is C16H19N3S2. The lowest BCUT2D eigenvalue weighted by molar-refractivity contribution is 1.08. The third-order valence-electron chi connectivity index (χ3n) is 3.03. The van der Waals surface area contributed by atoms with Gasteiger partial charge in [-0.25, -0.2) is 0 Å². The Morgan fingerprint density at radius 3 is 2.76 bits per heavy atom. The summed E-state index contributed by atoms with van der Waals surface area (Å²) in [5.74, 6) is 0.987. The summed E-state index contributed by atoms with van der Waals surface area (Å²) < 4.78 is 0. The molecule has 0 aliphatic rings. The van der Waals surface area contributed by atoms with Crippen LogP contribution in [0.5, 0.6) is 0 Å². The third-order valence-corrected chi connectivity index (χ3v) is 4.17. The van der Waals surface area contributed by atoms with Gasteiger partial charge in [-0.3, -0.25) is 4.98 Å². The molecule has 0 amide bonds. The summed E-state index contributed by atoms with van der Waals surface area (Å²) >= 11 is 6.96. The minimum Gasteiger partial charge on any atom is -0.389 e. The number of aryl methyl sites for hydroxylation is 1. The molecule has 0 aliphatic carbocycles. The van der Waals surface area contributed by atoms with E-state index in [0.717, 1.165) is 33.2 Å². The van der Waals surface area contributed by atoms with Crippen LogP contribution in [0, 0.1) is 6.92 Å². The maximum Gasteiger partial charge on any atom is 0.107 e. The highest BCUT2D eigenvalue weighted by Gasteiger charge is 2.11. The van der Waals surface area contributed by atoms with Crippen molar-refractivity contribution in [3.05, 3.63) is 53.3 Å². The number of rotatable bonds is 6. The first-order chi connectivity index (χ1) is 10.1. The molecule has 110 valence electrons. The largest absolute Gasteiger partial charge is 0.389 e. The molecule has 3 nitrogen and oxygen atoms in total. The Hall–Kier alpha value is -1.59. The molecule has 5 heteroatoms. The minimum atomic E-state index is 0.427. The SMILES string of the molecule is CCSc1cccc(NCc2ccc(C)nc2)c1C(N)=S. The lowest BCUT2D eigenvalue weighted by atomic mass is 10.1. The average Bonchev–Trinajstić information content (AvgIpc) is 2.47. The van der Waals surface area contributed by atoms with E-state index in [1.165, 1.54) is 0 Å². The van der Waals surface area contributed by atoms with Crippen LogP contribution in [-0.2, 0) is 6.54 Å². The van der Waals surface area contributed by atoms with Crippen molar-refractivity contribution in [1.29, 1.82) is 0 Å². The summed E-state index contributed by atoms with van der Waals surface area (Å²) in [6, 6.07) is 10.2. The maximum absolute atomic E-state index is 5.90. The number of aromatic nitrogens is 1. The number of nitrogens with zero attached hydrogens (tertiary/aromatic N) is 1. The van der Waals surface area contributed by atoms with Crippen molar-refractivity contribution < 1.29 is 0 Å². The second-order valence-electron chi connectivity index (χ2n) is 4.64. The second-order valence-corrected chi connectivity index (χ2v) is 6.38. The van der Waals surface area contributed by atoms with E-state index >= 15 is 0 Å². The van der Waals surface area contributed by atoms with Crippen LogP contribution >= 0.6 is 24.0 Å². The molecule has 0 bridgehead atoms. The van der Waals surface area contributed by atoms with Gasteiger partial charge in [0, 0.05) is 34.6 Å². The summed E-state index contributed by atoms with van der Waals surface area (Å²) in [5, 5.41) is 3.41. The molecule has 0 unspecified atom stereocenters. The number of thiocarbonyl (C=S) groups is 1. The van der Waals surface area contributed by atoms with Crippen molar-refractivity contribution in [3.63, 3.8) is 0 Å². The molecule has 0 saturated heterocycles. The van der Waals surface area contributed by atoms with Gasteiger partial charge in [0.1, 0.15) is 4.99 Å². The first-order valence-corrected chi connectivity index (χ1v) is 8.22. The maximum atomic E-state index is 5.90. The van der Waals surface area contributed by atoms with Crippen LogP contribution in [0.3, 0.4) is 0 Å². The minimum absolute atomic E-state index is 0.427. The van der Waals surface area contributed by atoms with Crippen molar-refractivity contribution in [2.24, 2.45) is 5.73 Å². The Morgan fingerprint density at radius 2 is 2.14 bits per heavy atom. The van der Waals surface area contributed by atoms with E-state index in [9.17, 15) is 0 Å². The lowest BCUT2D eigenvalue weighted by Crippen LogP contribution is -2.14. The number of nitrogens with one attached hydrogen (secondary N) is 1. The Morgan fingerprint density at radius 1 is 1.33 bits per heavy atom. The van der Waals surface area contributed by atoms with Crippen LogP contribution in [0.25, 0.3) is 0 Å². The third kappa shape index (κ3) is 4.19. The fraction of sp³-hybridized carbons (Fsp3) is 0.250. The van der Waals surface area contributed by atoms with Gasteiger partial charge in [0.05, 0.1) is 0 Å². The number of hydrogen-bond acceptors (Lipinski definition) is 4. The van der Waals surface area contributed by atoms with E-state index < -0.39 is 0 Å². The first kappa shape index (κ1) is 15.8. The second kappa shape index (κ2) is 7.43. The van der Waals surface area contributed by atoms with Gasteiger partial charge in [0.25, 0.3) is 0 Å². The predicted octanol–water partition coefficient (Wildman–Crippen LogP) is 3.75. The first-order valence-electron chi connectivity index (χ1n) is 6.82. The zero-order valence-electron chi connectivity index (χ0n) is 12.2. The molecule has 1 heterocycles. The normalized spacial score (nSPS) is 10.4. The molecule has 0 fully saturated rings. The van der Waals surface area contributed by atoms with Gasteiger partial charge in [-0.05, 0) is 36.4 Å². The van der Waals surface area contributed by atoms with Crippen molar-refractivity contribution in [1.82, 2.24) is 4.98 Å². The molecule has 0 atom stereocenters. The fourth-order valence-electron chi connectivity index (χ4n) is 2.01. The van der Waals surface area contributed by atoms with Gasteiger partial charge in [0.15, 0.2) is 0 Å². The van der Waals surface area contributed by atoms with Crippen molar-refractivity contribution in [3.8, 4) is 0 Å². The predicted molar refractivity (Wildman–Crippen MR) is 95.0 cm³/mol. The zero-order chi connectivity index (χ0) is 15.2. The summed E-state index contributed by atoms with van der Waals surface area (Å²) in [6.45, 7) is 4.79. The molecular weight excluding hydrogens is 298 g/mol. The molecule has 0 spiro atoms. The molecule has 2 rings (SSSR count). The molecule has 0 saturated carbocycles. The van der Waals surface area contributed by atoms with E-state index in [1.807, 2.05) is 31.3 Å². The van der Waals surface area contributed by atoms with Gasteiger partial charge in [-0.1, -0.05) is 31.3 Å². The van der Waals surface area contributed by atoms with E-state index in [2.05, 4.69) is 29.4 Å². The van der Waals surface area contributed by atoms with E-state index in [0.29, 0.717) is 11.5 Å². The Kier molecular flexibility index (Phi) is 5.59. The molecule has 0 radical (unpaired) electrons. The summed E-state index contributed by atoms with van der Waals surface area (Å²) in [7, 11) is 0. The molecule has 1 aromatic heterocycles. The Labute approximate surface area is 135 Å². The summed E-state index contributed by atoms with van der Waals surface area (Å²) in [6.07, 6.45) is 1.88. The van der Waals surface area contributed by atoms with Crippen LogP contribution in [-0.4, -0.2) is 15.7 Å². The Bertz CT molecular complexity index is 624. The number of nitrogens with two attached hydrogens (primary N) is 1. The topological polar surface area (TPSA) is 50.9 Å². The number of benzene rings is 1. The van der Waals surface area contributed by atoms with E-state index in [4.69, 9.17) is 18.0 Å². The van der Waals surface area contributed by atoms with Gasteiger partial charge in [-0.2, -0.15) is 0 Å².